The Labute approximate surface area is 112 Å². The van der Waals surface area contributed by atoms with E-state index in [2.05, 4.69) is 14.8 Å². The summed E-state index contributed by atoms with van der Waals surface area (Å²) in [5.74, 6) is -0.665. The van der Waals surface area contributed by atoms with E-state index in [4.69, 9.17) is 0 Å². The summed E-state index contributed by atoms with van der Waals surface area (Å²) in [5.41, 5.74) is -1.01. The summed E-state index contributed by atoms with van der Waals surface area (Å²) >= 11 is -2.20. The van der Waals surface area contributed by atoms with Crippen molar-refractivity contribution < 1.29 is 14.4 Å². The van der Waals surface area contributed by atoms with Crippen LogP contribution in [0.3, 0.4) is 0 Å². The predicted octanol–water partition coefficient (Wildman–Crippen LogP) is 2.39. The molecule has 0 saturated heterocycles. The zero-order valence-corrected chi connectivity index (χ0v) is 14.3. The molecule has 4 heteroatoms. The molecular formula is C14H20O3Sn. The molecule has 0 radical (unpaired) electrons. The van der Waals surface area contributed by atoms with Crippen LogP contribution in [0.5, 0.6) is 0 Å². The summed E-state index contributed by atoms with van der Waals surface area (Å²) in [7, 11) is 0. The fourth-order valence-electron chi connectivity index (χ4n) is 3.38. The third-order valence-electron chi connectivity index (χ3n) is 4.72. The van der Waals surface area contributed by atoms with Gasteiger partial charge < -0.3 is 0 Å². The minimum atomic E-state index is -2.20. The van der Waals surface area contributed by atoms with Gasteiger partial charge in [-0.3, -0.25) is 0 Å². The Hall–Kier alpha value is -0.451. The first-order valence-electron chi connectivity index (χ1n) is 6.47. The number of ketones is 3. The van der Waals surface area contributed by atoms with Crippen LogP contribution < -0.4 is 0 Å². The molecule has 1 fully saturated rings. The van der Waals surface area contributed by atoms with Crippen molar-refractivity contribution >= 4 is 35.7 Å². The van der Waals surface area contributed by atoms with Crippen LogP contribution in [-0.2, 0) is 14.4 Å². The van der Waals surface area contributed by atoms with Gasteiger partial charge in [-0.25, -0.2) is 0 Å². The molecule has 2 aliphatic carbocycles. The molecular weight excluding hydrogens is 335 g/mol. The van der Waals surface area contributed by atoms with Crippen LogP contribution in [-0.4, -0.2) is 35.7 Å². The molecule has 2 aliphatic rings. The number of fused-ring (bicyclic) bond motifs is 1. The Bertz CT molecular complexity index is 458. The number of hydrogen-bond acceptors (Lipinski definition) is 3. The van der Waals surface area contributed by atoms with Gasteiger partial charge in [0, 0.05) is 0 Å². The van der Waals surface area contributed by atoms with Crippen LogP contribution >= 0.6 is 0 Å². The Morgan fingerprint density at radius 3 is 2.33 bits per heavy atom. The van der Waals surface area contributed by atoms with Gasteiger partial charge in [0.15, 0.2) is 0 Å². The van der Waals surface area contributed by atoms with Crippen molar-refractivity contribution in [3.63, 3.8) is 0 Å². The summed E-state index contributed by atoms with van der Waals surface area (Å²) < 4.78 is 0.445. The van der Waals surface area contributed by atoms with E-state index in [9.17, 15) is 14.4 Å². The second-order valence-electron chi connectivity index (χ2n) is 6.68. The van der Waals surface area contributed by atoms with Gasteiger partial charge in [-0.05, 0) is 0 Å². The van der Waals surface area contributed by atoms with E-state index in [1.165, 1.54) is 19.1 Å². The zero-order chi connectivity index (χ0) is 13.7. The number of carbonyl (C=O) groups is 3. The molecule has 0 amide bonds. The van der Waals surface area contributed by atoms with Crippen molar-refractivity contribution in [2.24, 2.45) is 11.3 Å². The Morgan fingerprint density at radius 1 is 1.28 bits per heavy atom. The monoisotopic (exact) mass is 356 g/mol. The van der Waals surface area contributed by atoms with Gasteiger partial charge in [-0.15, -0.1) is 0 Å². The fraction of sp³-hybridized carbons (Fsp3) is 0.643. The Balaban J connectivity index is 2.48. The van der Waals surface area contributed by atoms with Crippen molar-refractivity contribution in [3.05, 3.63) is 12.2 Å². The van der Waals surface area contributed by atoms with Gasteiger partial charge in [0.25, 0.3) is 0 Å². The first-order chi connectivity index (χ1) is 8.19. The first-order valence-corrected chi connectivity index (χ1v) is 16.7. The quantitative estimate of drug-likeness (QED) is 0.565. The topological polar surface area (TPSA) is 51.2 Å². The average molecular weight is 355 g/mol. The molecule has 3 nitrogen and oxygen atoms in total. The van der Waals surface area contributed by atoms with Crippen LogP contribution in [0.2, 0.25) is 18.8 Å². The van der Waals surface area contributed by atoms with Crippen LogP contribution in [0.4, 0.5) is 0 Å². The van der Waals surface area contributed by atoms with E-state index < -0.39 is 23.8 Å². The third kappa shape index (κ3) is 1.91. The molecule has 0 aromatic rings. The first kappa shape index (κ1) is 14.0. The number of rotatable bonds is 2. The van der Waals surface area contributed by atoms with Crippen molar-refractivity contribution in [3.8, 4) is 0 Å². The summed E-state index contributed by atoms with van der Waals surface area (Å²) in [4.78, 5) is 43.2. The van der Waals surface area contributed by atoms with E-state index in [1.54, 1.807) is 0 Å². The summed E-state index contributed by atoms with van der Waals surface area (Å²) in [6.45, 7) is 1.47. The summed E-state index contributed by atoms with van der Waals surface area (Å²) in [5, 5.41) is 0. The van der Waals surface area contributed by atoms with Gasteiger partial charge in [0.05, 0.1) is 0 Å². The molecule has 98 valence electrons. The molecule has 0 heterocycles. The molecule has 2 rings (SSSR count). The molecule has 0 N–H and O–H groups in total. The Morgan fingerprint density at radius 2 is 1.89 bits per heavy atom. The molecule has 0 aromatic heterocycles. The second kappa shape index (κ2) is 4.29. The van der Waals surface area contributed by atoms with Crippen molar-refractivity contribution in [2.45, 2.75) is 38.5 Å². The zero-order valence-electron chi connectivity index (χ0n) is 11.4. The van der Waals surface area contributed by atoms with Gasteiger partial charge in [-0.1, -0.05) is 0 Å². The minimum absolute atomic E-state index is 0.0251. The maximum absolute atomic E-state index is 12.2. The van der Waals surface area contributed by atoms with E-state index in [0.29, 0.717) is 10.4 Å². The van der Waals surface area contributed by atoms with E-state index >= 15 is 0 Å². The van der Waals surface area contributed by atoms with Crippen LogP contribution in [0, 0.1) is 11.3 Å². The van der Waals surface area contributed by atoms with Gasteiger partial charge in [0.2, 0.25) is 0 Å². The van der Waals surface area contributed by atoms with Crippen LogP contribution in [0.1, 0.15) is 19.8 Å². The van der Waals surface area contributed by atoms with E-state index in [1.807, 2.05) is 0 Å². The van der Waals surface area contributed by atoms with E-state index in [0.717, 1.165) is 6.42 Å². The second-order valence-corrected chi connectivity index (χ2v) is 22.5. The molecule has 0 bridgehead atoms. The molecule has 3 atom stereocenters. The summed E-state index contributed by atoms with van der Waals surface area (Å²) in [6, 6.07) is 0. The Kier molecular flexibility index (Phi) is 3.33. The van der Waals surface area contributed by atoms with Crippen LogP contribution in [0.25, 0.3) is 0 Å². The molecule has 18 heavy (non-hydrogen) atoms. The molecule has 0 aliphatic heterocycles. The number of carbonyl (C=O) groups excluding carboxylic acids is 3. The van der Waals surface area contributed by atoms with Crippen molar-refractivity contribution in [2.75, 3.05) is 0 Å². The van der Waals surface area contributed by atoms with Gasteiger partial charge >= 0.3 is 112 Å². The number of hydrogen-bond donors (Lipinski definition) is 0. The normalized spacial score (nSPS) is 35.8. The number of Topliss-reactive ketones (excluding diaryl/α,β-unsaturated/α-hetero) is 1. The standard InChI is InChI=1S/C11H11O3.3CH3.Sn/c1-7(12)11-6-2-3-8(11)9(13)4-5-10(11)14;;;;/h2,4-5,8H,3,6H2,1H3;3*1H3;. The number of allylic oxidation sites excluding steroid dienone is 2. The molecule has 1 saturated carbocycles. The van der Waals surface area contributed by atoms with Crippen molar-refractivity contribution in [1.82, 2.24) is 0 Å². The van der Waals surface area contributed by atoms with Crippen molar-refractivity contribution in [1.29, 1.82) is 0 Å². The molecule has 0 aromatic carbocycles. The van der Waals surface area contributed by atoms with Gasteiger partial charge in [-0.2, -0.15) is 0 Å². The van der Waals surface area contributed by atoms with Gasteiger partial charge in [0.1, 0.15) is 0 Å². The molecule has 0 spiro atoms. The van der Waals surface area contributed by atoms with Crippen LogP contribution in [0.15, 0.2) is 12.2 Å². The SMILES string of the molecule is CC(=O)C12C[CH]([Sn]([CH3])([CH3])[CH3])CC1C(=O)C=CC2=O. The maximum atomic E-state index is 12.2. The third-order valence-corrected chi connectivity index (χ3v) is 13.0. The average Bonchev–Trinajstić information content (AvgIpc) is 2.65. The fourth-order valence-corrected chi connectivity index (χ4v) is 8.73. The summed E-state index contributed by atoms with van der Waals surface area (Å²) in [6.07, 6.45) is 4.05. The molecule has 3 unspecified atom stereocenters. The predicted molar refractivity (Wildman–Crippen MR) is 72.1 cm³/mol. The van der Waals surface area contributed by atoms with E-state index in [-0.39, 0.29) is 23.3 Å².